The van der Waals surface area contributed by atoms with Crippen molar-refractivity contribution in [3.63, 3.8) is 0 Å². The maximum absolute atomic E-state index is 12.4. The second-order valence-corrected chi connectivity index (χ2v) is 7.23. The summed E-state index contributed by atoms with van der Waals surface area (Å²) in [6, 6.07) is 11.2. The van der Waals surface area contributed by atoms with E-state index >= 15 is 0 Å². The molecule has 0 saturated carbocycles. The molecule has 5 nitrogen and oxygen atoms in total. The monoisotopic (exact) mass is 314 g/mol. The number of H-pyrrole nitrogens is 1. The van der Waals surface area contributed by atoms with Crippen molar-refractivity contribution >= 4 is 11.7 Å². The topological polar surface area (TPSA) is 83.8 Å². The van der Waals surface area contributed by atoms with E-state index in [4.69, 9.17) is 5.73 Å². The number of hydrogen-bond acceptors (Lipinski definition) is 3. The van der Waals surface area contributed by atoms with Gasteiger partial charge >= 0.3 is 0 Å². The zero-order chi connectivity index (χ0) is 17.0. The van der Waals surface area contributed by atoms with Gasteiger partial charge < -0.3 is 11.1 Å². The summed E-state index contributed by atoms with van der Waals surface area (Å²) in [6.07, 6.45) is 0.870. The molecule has 0 aliphatic rings. The molecule has 1 heterocycles. The fraction of sp³-hybridized carbons (Fsp3) is 0.444. The summed E-state index contributed by atoms with van der Waals surface area (Å²) in [5, 5.41) is 9.97. The summed E-state index contributed by atoms with van der Waals surface area (Å²) >= 11 is 0. The highest BCUT2D eigenvalue weighted by Crippen LogP contribution is 2.22. The van der Waals surface area contributed by atoms with Gasteiger partial charge in [0.1, 0.15) is 0 Å². The van der Waals surface area contributed by atoms with E-state index in [2.05, 4.69) is 36.3 Å². The van der Waals surface area contributed by atoms with Crippen molar-refractivity contribution in [1.29, 1.82) is 0 Å². The van der Waals surface area contributed by atoms with E-state index in [0.717, 1.165) is 17.7 Å². The maximum atomic E-state index is 12.4. The average molecular weight is 314 g/mol. The third kappa shape index (κ3) is 4.93. The number of hydrogen-bond donors (Lipinski definition) is 3. The smallest absolute Gasteiger partial charge is 0.230 e. The quantitative estimate of drug-likeness (QED) is 0.792. The Labute approximate surface area is 137 Å². The van der Waals surface area contributed by atoms with Crippen LogP contribution in [0, 0.1) is 11.3 Å². The predicted molar refractivity (Wildman–Crippen MR) is 92.9 cm³/mol. The summed E-state index contributed by atoms with van der Waals surface area (Å²) in [4.78, 5) is 12.4. The highest BCUT2D eigenvalue weighted by molar-refractivity contribution is 5.92. The van der Waals surface area contributed by atoms with E-state index in [9.17, 15) is 4.79 Å². The van der Waals surface area contributed by atoms with Gasteiger partial charge in [-0.15, -0.1) is 0 Å². The van der Waals surface area contributed by atoms with E-state index in [1.54, 1.807) is 0 Å². The molecule has 2 atom stereocenters. The van der Waals surface area contributed by atoms with Crippen LogP contribution in [-0.4, -0.2) is 16.1 Å². The fourth-order valence-corrected chi connectivity index (χ4v) is 2.45. The van der Waals surface area contributed by atoms with Crippen LogP contribution in [0.15, 0.2) is 36.4 Å². The highest BCUT2D eigenvalue weighted by atomic mass is 16.2. The number of aromatic amines is 1. The van der Waals surface area contributed by atoms with Gasteiger partial charge in [0.15, 0.2) is 5.82 Å². The Morgan fingerprint density at radius 3 is 2.57 bits per heavy atom. The number of rotatable bonds is 5. The standard InChI is InChI=1S/C18H26N4O/c1-12(16(19)13-8-6-5-7-9-13)17(23)20-15-10-14(21-22-15)11-18(2,3)4/h5-10,12,16H,11,19H2,1-4H3,(H2,20,21,22,23). The van der Waals surface area contributed by atoms with E-state index in [0.29, 0.717) is 5.82 Å². The Balaban J connectivity index is 1.99. The third-order valence-electron chi connectivity index (χ3n) is 3.74. The molecule has 0 spiro atoms. The van der Waals surface area contributed by atoms with Crippen molar-refractivity contribution in [3.05, 3.63) is 47.7 Å². The van der Waals surface area contributed by atoms with E-state index in [1.165, 1.54) is 0 Å². The molecule has 1 aromatic carbocycles. The molecule has 2 aromatic rings. The van der Waals surface area contributed by atoms with Crippen LogP contribution in [0.1, 0.15) is 45.0 Å². The van der Waals surface area contributed by atoms with Crippen molar-refractivity contribution in [3.8, 4) is 0 Å². The van der Waals surface area contributed by atoms with Gasteiger partial charge in [-0.2, -0.15) is 5.10 Å². The number of nitrogens with one attached hydrogen (secondary N) is 2. The predicted octanol–water partition coefficient (Wildman–Crippen LogP) is 3.27. The van der Waals surface area contributed by atoms with Crippen molar-refractivity contribution in [2.24, 2.45) is 17.1 Å². The molecule has 1 amide bonds. The van der Waals surface area contributed by atoms with Crippen LogP contribution in [0.3, 0.4) is 0 Å². The number of benzene rings is 1. The molecule has 1 aromatic heterocycles. The summed E-state index contributed by atoms with van der Waals surface area (Å²) in [6.45, 7) is 8.31. The number of carbonyl (C=O) groups excluding carboxylic acids is 1. The number of nitrogens with two attached hydrogens (primary N) is 1. The molecule has 0 bridgehead atoms. The molecule has 0 aliphatic carbocycles. The van der Waals surface area contributed by atoms with Gasteiger partial charge in [0.2, 0.25) is 5.91 Å². The minimum atomic E-state index is -0.347. The number of aromatic nitrogens is 2. The highest BCUT2D eigenvalue weighted by Gasteiger charge is 2.23. The molecule has 4 N–H and O–H groups in total. The Kier molecular flexibility index (Phi) is 5.21. The van der Waals surface area contributed by atoms with Crippen LogP contribution in [0.2, 0.25) is 0 Å². The largest absolute Gasteiger partial charge is 0.323 e. The van der Waals surface area contributed by atoms with Crippen molar-refractivity contribution in [2.75, 3.05) is 5.32 Å². The number of amides is 1. The first-order valence-corrected chi connectivity index (χ1v) is 7.92. The van der Waals surface area contributed by atoms with Crippen LogP contribution >= 0.6 is 0 Å². The van der Waals surface area contributed by atoms with Crippen LogP contribution in [0.5, 0.6) is 0 Å². The van der Waals surface area contributed by atoms with Crippen LogP contribution in [0.4, 0.5) is 5.82 Å². The Morgan fingerprint density at radius 2 is 1.96 bits per heavy atom. The lowest BCUT2D eigenvalue weighted by Gasteiger charge is -2.19. The molecule has 0 saturated heterocycles. The summed E-state index contributed by atoms with van der Waals surface area (Å²) < 4.78 is 0. The van der Waals surface area contributed by atoms with E-state index in [1.807, 2.05) is 43.3 Å². The summed E-state index contributed by atoms with van der Waals surface area (Å²) in [5.74, 6) is 0.0664. The summed E-state index contributed by atoms with van der Waals surface area (Å²) in [7, 11) is 0. The molecule has 0 radical (unpaired) electrons. The fourth-order valence-electron chi connectivity index (χ4n) is 2.45. The van der Waals surface area contributed by atoms with Gasteiger partial charge in [-0.3, -0.25) is 9.89 Å². The van der Waals surface area contributed by atoms with Gasteiger partial charge in [0.25, 0.3) is 0 Å². The van der Waals surface area contributed by atoms with Crippen molar-refractivity contribution in [1.82, 2.24) is 10.2 Å². The lowest BCUT2D eigenvalue weighted by atomic mass is 9.91. The molecule has 23 heavy (non-hydrogen) atoms. The van der Waals surface area contributed by atoms with Crippen LogP contribution in [-0.2, 0) is 11.2 Å². The first-order chi connectivity index (χ1) is 10.8. The number of carbonyl (C=O) groups is 1. The number of nitrogens with zero attached hydrogens (tertiary/aromatic N) is 1. The Bertz CT molecular complexity index is 643. The SMILES string of the molecule is CC(C(=O)Nc1cc(CC(C)(C)C)[nH]n1)C(N)c1ccccc1. The molecule has 5 heteroatoms. The molecule has 0 aliphatic heterocycles. The first kappa shape index (κ1) is 17.2. The Hall–Kier alpha value is -2.14. The number of anilines is 1. The average Bonchev–Trinajstić information content (AvgIpc) is 2.91. The van der Waals surface area contributed by atoms with Gasteiger partial charge in [0.05, 0.1) is 5.92 Å². The zero-order valence-corrected chi connectivity index (χ0v) is 14.3. The van der Waals surface area contributed by atoms with Crippen LogP contribution < -0.4 is 11.1 Å². The first-order valence-electron chi connectivity index (χ1n) is 7.92. The molecule has 0 fully saturated rings. The van der Waals surface area contributed by atoms with Crippen molar-refractivity contribution < 1.29 is 4.79 Å². The zero-order valence-electron chi connectivity index (χ0n) is 14.3. The molecule has 2 rings (SSSR count). The second-order valence-electron chi connectivity index (χ2n) is 7.23. The van der Waals surface area contributed by atoms with Crippen LogP contribution in [0.25, 0.3) is 0 Å². The third-order valence-corrected chi connectivity index (χ3v) is 3.74. The van der Waals surface area contributed by atoms with Gasteiger partial charge in [-0.1, -0.05) is 58.0 Å². The lowest BCUT2D eigenvalue weighted by molar-refractivity contribution is -0.120. The van der Waals surface area contributed by atoms with Gasteiger partial charge in [0, 0.05) is 17.8 Å². The van der Waals surface area contributed by atoms with Gasteiger partial charge in [-0.05, 0) is 17.4 Å². The second kappa shape index (κ2) is 6.96. The van der Waals surface area contributed by atoms with E-state index < -0.39 is 0 Å². The molecule has 124 valence electrons. The summed E-state index contributed by atoms with van der Waals surface area (Å²) in [5.41, 5.74) is 8.31. The minimum Gasteiger partial charge on any atom is -0.323 e. The molecular formula is C18H26N4O. The Morgan fingerprint density at radius 1 is 1.30 bits per heavy atom. The minimum absolute atomic E-state index is 0.129. The van der Waals surface area contributed by atoms with Crippen molar-refractivity contribution in [2.45, 2.75) is 40.2 Å². The van der Waals surface area contributed by atoms with E-state index in [-0.39, 0.29) is 23.3 Å². The maximum Gasteiger partial charge on any atom is 0.230 e. The lowest BCUT2D eigenvalue weighted by Crippen LogP contribution is -2.30. The molecular weight excluding hydrogens is 288 g/mol. The van der Waals surface area contributed by atoms with Gasteiger partial charge in [-0.25, -0.2) is 0 Å². The molecule has 2 unspecified atom stereocenters. The normalized spacial score (nSPS) is 14.3.